The molecular formula is C18H28N4O5. The van der Waals surface area contributed by atoms with E-state index in [1.54, 1.807) is 18.7 Å². The van der Waals surface area contributed by atoms with E-state index < -0.39 is 17.2 Å². The lowest BCUT2D eigenvalue weighted by Gasteiger charge is -2.53. The second kappa shape index (κ2) is 7.55. The van der Waals surface area contributed by atoms with Crippen LogP contribution in [-0.2, 0) is 20.7 Å². The first kappa shape index (κ1) is 19.8. The first-order valence-corrected chi connectivity index (χ1v) is 9.48. The van der Waals surface area contributed by atoms with Gasteiger partial charge >= 0.3 is 0 Å². The van der Waals surface area contributed by atoms with Gasteiger partial charge in [-0.2, -0.15) is 0 Å². The highest BCUT2D eigenvalue weighted by atomic mass is 16.6. The van der Waals surface area contributed by atoms with Crippen molar-refractivity contribution in [1.82, 2.24) is 20.5 Å². The number of aryl methyl sites for hydroxylation is 1. The molecule has 1 aromatic rings. The SMILES string of the molecule is CCC(=O)N[C@]1(C)CCOC2(CCN(C(=O)Cc3nonc3C)CC2)[C@H]1O. The molecule has 0 aliphatic carbocycles. The molecule has 1 aromatic heterocycles. The van der Waals surface area contributed by atoms with Crippen molar-refractivity contribution in [2.24, 2.45) is 0 Å². The second-order valence-electron chi connectivity index (χ2n) is 7.74. The molecule has 0 aromatic carbocycles. The fourth-order valence-electron chi connectivity index (χ4n) is 4.02. The van der Waals surface area contributed by atoms with Crippen LogP contribution >= 0.6 is 0 Å². The lowest BCUT2D eigenvalue weighted by Crippen LogP contribution is -2.69. The molecular weight excluding hydrogens is 352 g/mol. The first-order valence-electron chi connectivity index (χ1n) is 9.48. The van der Waals surface area contributed by atoms with Crippen molar-refractivity contribution in [3.8, 4) is 0 Å². The van der Waals surface area contributed by atoms with Crippen molar-refractivity contribution >= 4 is 11.8 Å². The minimum absolute atomic E-state index is 0.0454. The van der Waals surface area contributed by atoms with Gasteiger partial charge in [-0.1, -0.05) is 17.2 Å². The summed E-state index contributed by atoms with van der Waals surface area (Å²) in [5, 5.41) is 21.5. The van der Waals surface area contributed by atoms with E-state index in [0.29, 0.717) is 56.8 Å². The molecule has 150 valence electrons. The number of carbonyl (C=O) groups excluding carboxylic acids is 2. The van der Waals surface area contributed by atoms with Gasteiger partial charge in [0.25, 0.3) is 0 Å². The Bertz CT molecular complexity index is 698. The predicted molar refractivity (Wildman–Crippen MR) is 94.7 cm³/mol. The molecule has 3 rings (SSSR count). The third-order valence-corrected chi connectivity index (χ3v) is 5.89. The number of aliphatic hydroxyl groups excluding tert-OH is 1. The topological polar surface area (TPSA) is 118 Å². The van der Waals surface area contributed by atoms with Crippen LogP contribution in [0.15, 0.2) is 4.63 Å². The standard InChI is InChI=1S/C18H28N4O5/c1-4-14(23)19-17(3)7-10-26-18(16(17)25)5-8-22(9-6-18)15(24)11-13-12(2)20-27-21-13/h16,25H,4-11H2,1-3H3,(H,19,23)/t16-,17+/m0/s1. The number of hydrogen-bond donors (Lipinski definition) is 2. The zero-order valence-corrected chi connectivity index (χ0v) is 16.2. The van der Waals surface area contributed by atoms with Crippen molar-refractivity contribution in [2.75, 3.05) is 19.7 Å². The number of carbonyl (C=O) groups is 2. The molecule has 27 heavy (non-hydrogen) atoms. The zero-order valence-electron chi connectivity index (χ0n) is 16.2. The smallest absolute Gasteiger partial charge is 0.228 e. The Labute approximate surface area is 158 Å². The van der Waals surface area contributed by atoms with Crippen molar-refractivity contribution in [3.63, 3.8) is 0 Å². The molecule has 2 N–H and O–H groups in total. The summed E-state index contributed by atoms with van der Waals surface area (Å²) >= 11 is 0. The van der Waals surface area contributed by atoms with Gasteiger partial charge in [-0.3, -0.25) is 9.59 Å². The van der Waals surface area contributed by atoms with E-state index in [0.717, 1.165) is 0 Å². The number of aliphatic hydroxyl groups is 1. The summed E-state index contributed by atoms with van der Waals surface area (Å²) in [5.41, 5.74) is -0.300. The molecule has 2 atom stereocenters. The lowest BCUT2D eigenvalue weighted by atomic mass is 9.73. The Balaban J connectivity index is 1.63. The molecule has 9 nitrogen and oxygen atoms in total. The Morgan fingerprint density at radius 1 is 1.30 bits per heavy atom. The number of rotatable bonds is 4. The van der Waals surface area contributed by atoms with Crippen LogP contribution in [0, 0.1) is 6.92 Å². The first-order chi connectivity index (χ1) is 12.8. The van der Waals surface area contributed by atoms with E-state index in [1.807, 2.05) is 6.92 Å². The summed E-state index contributed by atoms with van der Waals surface area (Å²) in [6.07, 6.45) is 1.29. The van der Waals surface area contributed by atoms with E-state index in [1.165, 1.54) is 0 Å². The van der Waals surface area contributed by atoms with Gasteiger partial charge in [0.05, 0.1) is 17.6 Å². The zero-order chi connectivity index (χ0) is 19.7. The Morgan fingerprint density at radius 3 is 2.59 bits per heavy atom. The summed E-state index contributed by atoms with van der Waals surface area (Å²) in [7, 11) is 0. The highest BCUT2D eigenvalue weighted by Crippen LogP contribution is 2.40. The van der Waals surface area contributed by atoms with Crippen LogP contribution in [0.25, 0.3) is 0 Å². The second-order valence-corrected chi connectivity index (χ2v) is 7.74. The van der Waals surface area contributed by atoms with E-state index in [2.05, 4.69) is 20.3 Å². The Hall–Kier alpha value is -2.00. The van der Waals surface area contributed by atoms with E-state index in [-0.39, 0.29) is 18.2 Å². The molecule has 0 bridgehead atoms. The van der Waals surface area contributed by atoms with Crippen LogP contribution in [-0.4, -0.2) is 69.1 Å². The molecule has 2 aliphatic heterocycles. The fourth-order valence-corrected chi connectivity index (χ4v) is 4.02. The molecule has 0 radical (unpaired) electrons. The number of likely N-dealkylation sites (tertiary alicyclic amines) is 1. The summed E-state index contributed by atoms with van der Waals surface area (Å²) in [4.78, 5) is 26.2. The molecule has 1 spiro atoms. The molecule has 2 saturated heterocycles. The minimum Gasteiger partial charge on any atom is -0.388 e. The molecule has 0 saturated carbocycles. The summed E-state index contributed by atoms with van der Waals surface area (Å²) < 4.78 is 10.6. The average Bonchev–Trinajstić information content (AvgIpc) is 3.05. The van der Waals surface area contributed by atoms with Gasteiger partial charge < -0.3 is 20.1 Å². The van der Waals surface area contributed by atoms with Crippen molar-refractivity contribution in [1.29, 1.82) is 0 Å². The van der Waals surface area contributed by atoms with Crippen LogP contribution in [0.4, 0.5) is 0 Å². The highest BCUT2D eigenvalue weighted by Gasteiger charge is 2.54. The van der Waals surface area contributed by atoms with Crippen LogP contribution in [0.2, 0.25) is 0 Å². The summed E-state index contributed by atoms with van der Waals surface area (Å²) in [6.45, 7) is 6.84. The number of nitrogens with one attached hydrogen (secondary N) is 1. The van der Waals surface area contributed by atoms with Crippen LogP contribution in [0.1, 0.15) is 50.9 Å². The summed E-state index contributed by atoms with van der Waals surface area (Å²) in [6, 6.07) is 0. The van der Waals surface area contributed by atoms with E-state index in [9.17, 15) is 14.7 Å². The van der Waals surface area contributed by atoms with Gasteiger partial charge in [-0.15, -0.1) is 0 Å². The number of nitrogens with zero attached hydrogens (tertiary/aromatic N) is 3. The van der Waals surface area contributed by atoms with Crippen molar-refractivity contribution in [3.05, 3.63) is 11.4 Å². The van der Waals surface area contributed by atoms with E-state index >= 15 is 0 Å². The molecule has 3 heterocycles. The van der Waals surface area contributed by atoms with Gasteiger partial charge in [0.15, 0.2) is 0 Å². The van der Waals surface area contributed by atoms with Gasteiger partial charge in [0.1, 0.15) is 17.5 Å². The van der Waals surface area contributed by atoms with Crippen LogP contribution < -0.4 is 5.32 Å². The van der Waals surface area contributed by atoms with Crippen LogP contribution in [0.3, 0.4) is 0 Å². The van der Waals surface area contributed by atoms with Gasteiger partial charge in [-0.25, -0.2) is 4.63 Å². The minimum atomic E-state index is -0.825. The average molecular weight is 380 g/mol. The molecule has 2 amide bonds. The Morgan fingerprint density at radius 2 is 2.00 bits per heavy atom. The number of aromatic nitrogens is 2. The van der Waals surface area contributed by atoms with E-state index in [4.69, 9.17) is 4.74 Å². The quantitative estimate of drug-likeness (QED) is 0.774. The largest absolute Gasteiger partial charge is 0.388 e. The van der Waals surface area contributed by atoms with Crippen molar-refractivity contribution in [2.45, 2.75) is 70.1 Å². The summed E-state index contributed by atoms with van der Waals surface area (Å²) in [5.74, 6) is -0.131. The van der Waals surface area contributed by atoms with Crippen LogP contribution in [0.5, 0.6) is 0 Å². The fraction of sp³-hybridized carbons (Fsp3) is 0.778. The third kappa shape index (κ3) is 3.84. The maximum atomic E-state index is 12.5. The predicted octanol–water partition coefficient (Wildman–Crippen LogP) is 0.348. The molecule has 0 unspecified atom stereocenters. The highest BCUT2D eigenvalue weighted by molar-refractivity contribution is 5.78. The maximum absolute atomic E-state index is 12.5. The third-order valence-electron chi connectivity index (χ3n) is 5.89. The number of piperidine rings is 1. The van der Waals surface area contributed by atoms with Gasteiger partial charge in [0, 0.05) is 26.1 Å². The number of amides is 2. The normalized spacial score (nSPS) is 27.6. The molecule has 2 fully saturated rings. The lowest BCUT2D eigenvalue weighted by molar-refractivity contribution is -0.208. The molecule has 2 aliphatic rings. The number of ether oxygens (including phenoxy) is 1. The molecule has 9 heteroatoms. The van der Waals surface area contributed by atoms with Gasteiger partial charge in [-0.05, 0) is 33.1 Å². The van der Waals surface area contributed by atoms with Gasteiger partial charge in [0.2, 0.25) is 11.8 Å². The maximum Gasteiger partial charge on any atom is 0.228 e. The Kier molecular flexibility index (Phi) is 5.53. The monoisotopic (exact) mass is 380 g/mol. The van der Waals surface area contributed by atoms with Crippen molar-refractivity contribution < 1.29 is 24.1 Å². The number of hydrogen-bond acceptors (Lipinski definition) is 7.